The first-order valence-corrected chi connectivity index (χ1v) is 6.42. The second-order valence-corrected chi connectivity index (χ2v) is 4.92. The Morgan fingerprint density at radius 1 is 1.26 bits per heavy atom. The maximum atomic E-state index is 11.5. The van der Waals surface area contributed by atoms with Crippen LogP contribution in [0.25, 0.3) is 10.9 Å². The lowest BCUT2D eigenvalue weighted by Gasteiger charge is -2.01. The molecule has 0 aliphatic carbocycles. The summed E-state index contributed by atoms with van der Waals surface area (Å²) in [6.07, 6.45) is 5.07. The van der Waals surface area contributed by atoms with E-state index >= 15 is 0 Å². The number of nitrogens with two attached hydrogens (primary N) is 1. The Kier molecular flexibility index (Phi) is 2.92. The third-order valence-electron chi connectivity index (χ3n) is 2.64. The molecular formula is C13H10N4OS. The zero-order chi connectivity index (χ0) is 13.2. The summed E-state index contributed by atoms with van der Waals surface area (Å²) in [6, 6.07) is 7.48. The lowest BCUT2D eigenvalue weighted by molar-refractivity contribution is 0.0993. The third kappa shape index (κ3) is 2.17. The number of hydrogen-bond donors (Lipinski definition) is 2. The van der Waals surface area contributed by atoms with Crippen LogP contribution in [-0.4, -0.2) is 20.9 Å². The maximum absolute atomic E-state index is 11.5. The highest BCUT2D eigenvalue weighted by Crippen LogP contribution is 2.35. The fourth-order valence-corrected chi connectivity index (χ4v) is 2.82. The smallest absolute Gasteiger partial charge is 0.266 e. The molecule has 19 heavy (non-hydrogen) atoms. The predicted octanol–water partition coefficient (Wildman–Crippen LogP) is 2.21. The van der Waals surface area contributed by atoms with Gasteiger partial charge in [-0.05, 0) is 18.2 Å². The number of aromatic amines is 1. The van der Waals surface area contributed by atoms with Crippen molar-refractivity contribution in [3.05, 3.63) is 48.5 Å². The van der Waals surface area contributed by atoms with Crippen LogP contribution in [-0.2, 0) is 0 Å². The Morgan fingerprint density at radius 2 is 2.16 bits per heavy atom. The molecule has 3 aromatic rings. The van der Waals surface area contributed by atoms with E-state index in [1.54, 1.807) is 18.6 Å². The molecule has 0 fully saturated rings. The van der Waals surface area contributed by atoms with Gasteiger partial charge < -0.3 is 10.7 Å². The molecule has 94 valence electrons. The molecule has 0 unspecified atom stereocenters. The number of carbonyl (C=O) groups is 1. The van der Waals surface area contributed by atoms with E-state index in [1.807, 2.05) is 24.3 Å². The van der Waals surface area contributed by atoms with Crippen molar-refractivity contribution < 1.29 is 4.79 Å². The monoisotopic (exact) mass is 270 g/mol. The molecule has 0 atom stereocenters. The van der Waals surface area contributed by atoms with E-state index in [0.29, 0.717) is 5.69 Å². The Bertz CT molecular complexity index is 739. The number of hydrogen-bond acceptors (Lipinski definition) is 4. The highest BCUT2D eigenvalue weighted by Gasteiger charge is 2.17. The number of H-pyrrole nitrogens is 1. The molecule has 3 aromatic heterocycles. The number of nitrogens with one attached hydrogen (secondary N) is 1. The van der Waals surface area contributed by atoms with Gasteiger partial charge in [0.2, 0.25) is 0 Å². The van der Waals surface area contributed by atoms with Crippen LogP contribution < -0.4 is 5.73 Å². The van der Waals surface area contributed by atoms with Crippen molar-refractivity contribution in [1.29, 1.82) is 0 Å². The molecule has 0 aliphatic rings. The third-order valence-corrected chi connectivity index (χ3v) is 3.72. The van der Waals surface area contributed by atoms with Gasteiger partial charge in [0.15, 0.2) is 0 Å². The topological polar surface area (TPSA) is 84.7 Å². The SMILES string of the molecule is NC(=O)c1[nH]c2cnccc2c1Sc1ccccn1. The average Bonchev–Trinajstić information content (AvgIpc) is 2.79. The van der Waals surface area contributed by atoms with Crippen molar-refractivity contribution in [3.8, 4) is 0 Å². The molecule has 0 bridgehead atoms. The van der Waals surface area contributed by atoms with Gasteiger partial charge in [-0.1, -0.05) is 17.8 Å². The molecular weight excluding hydrogens is 260 g/mol. The van der Waals surface area contributed by atoms with E-state index < -0.39 is 5.91 Å². The fraction of sp³-hybridized carbons (Fsp3) is 0. The first kappa shape index (κ1) is 11.7. The molecule has 3 heterocycles. The molecule has 1 amide bonds. The van der Waals surface area contributed by atoms with Crippen LogP contribution in [0.1, 0.15) is 10.5 Å². The molecule has 6 heteroatoms. The number of amides is 1. The highest BCUT2D eigenvalue weighted by molar-refractivity contribution is 7.99. The van der Waals surface area contributed by atoms with E-state index in [0.717, 1.165) is 20.8 Å². The highest BCUT2D eigenvalue weighted by atomic mass is 32.2. The number of nitrogens with zero attached hydrogens (tertiary/aromatic N) is 2. The van der Waals surface area contributed by atoms with Crippen molar-refractivity contribution in [2.75, 3.05) is 0 Å². The van der Waals surface area contributed by atoms with Crippen LogP contribution in [0.3, 0.4) is 0 Å². The van der Waals surface area contributed by atoms with Crippen LogP contribution in [0.2, 0.25) is 0 Å². The summed E-state index contributed by atoms with van der Waals surface area (Å²) in [6.45, 7) is 0. The van der Waals surface area contributed by atoms with Gasteiger partial charge >= 0.3 is 0 Å². The van der Waals surface area contributed by atoms with Gasteiger partial charge in [-0.2, -0.15) is 0 Å². The summed E-state index contributed by atoms with van der Waals surface area (Å²) in [5.74, 6) is -0.491. The fourth-order valence-electron chi connectivity index (χ4n) is 1.81. The number of rotatable bonds is 3. The Balaban J connectivity index is 2.15. The number of carbonyl (C=O) groups excluding carboxylic acids is 1. The molecule has 0 spiro atoms. The summed E-state index contributed by atoms with van der Waals surface area (Å²) in [7, 11) is 0. The number of primary amides is 1. The van der Waals surface area contributed by atoms with E-state index in [-0.39, 0.29) is 0 Å². The number of aromatic nitrogens is 3. The van der Waals surface area contributed by atoms with Crippen molar-refractivity contribution in [1.82, 2.24) is 15.0 Å². The van der Waals surface area contributed by atoms with Gasteiger partial charge in [0, 0.05) is 17.8 Å². The molecule has 3 N–H and O–H groups in total. The number of fused-ring (bicyclic) bond motifs is 1. The summed E-state index contributed by atoms with van der Waals surface area (Å²) >= 11 is 1.41. The van der Waals surface area contributed by atoms with E-state index in [9.17, 15) is 4.79 Å². The van der Waals surface area contributed by atoms with Crippen LogP contribution in [0, 0.1) is 0 Å². The van der Waals surface area contributed by atoms with E-state index in [1.165, 1.54) is 11.8 Å². The second-order valence-electron chi connectivity index (χ2n) is 3.88. The molecule has 0 radical (unpaired) electrons. The lowest BCUT2D eigenvalue weighted by atomic mass is 10.3. The quantitative estimate of drug-likeness (QED) is 0.764. The molecule has 0 saturated carbocycles. The minimum absolute atomic E-state index is 0.388. The predicted molar refractivity (Wildman–Crippen MR) is 73.0 cm³/mol. The average molecular weight is 270 g/mol. The molecule has 0 aromatic carbocycles. The van der Waals surface area contributed by atoms with Crippen LogP contribution in [0.15, 0.2) is 52.8 Å². The van der Waals surface area contributed by atoms with Crippen molar-refractivity contribution in [2.45, 2.75) is 9.92 Å². The lowest BCUT2D eigenvalue weighted by Crippen LogP contribution is -2.12. The maximum Gasteiger partial charge on any atom is 0.266 e. The minimum Gasteiger partial charge on any atom is -0.364 e. The van der Waals surface area contributed by atoms with Crippen molar-refractivity contribution in [2.24, 2.45) is 5.73 Å². The first-order chi connectivity index (χ1) is 9.25. The van der Waals surface area contributed by atoms with Gasteiger partial charge in [-0.25, -0.2) is 4.98 Å². The Morgan fingerprint density at radius 3 is 2.89 bits per heavy atom. The zero-order valence-electron chi connectivity index (χ0n) is 9.83. The normalized spacial score (nSPS) is 10.7. The van der Waals surface area contributed by atoms with Gasteiger partial charge in [-0.15, -0.1) is 0 Å². The summed E-state index contributed by atoms with van der Waals surface area (Å²) < 4.78 is 0. The summed E-state index contributed by atoms with van der Waals surface area (Å²) in [5, 5.41) is 1.72. The van der Waals surface area contributed by atoms with Gasteiger partial charge in [0.1, 0.15) is 10.7 Å². The summed E-state index contributed by atoms with van der Waals surface area (Å²) in [5.41, 5.74) is 6.58. The van der Waals surface area contributed by atoms with Gasteiger partial charge in [0.25, 0.3) is 5.91 Å². The van der Waals surface area contributed by atoms with Crippen LogP contribution >= 0.6 is 11.8 Å². The minimum atomic E-state index is -0.491. The molecule has 3 rings (SSSR count). The van der Waals surface area contributed by atoms with E-state index in [2.05, 4.69) is 15.0 Å². The van der Waals surface area contributed by atoms with E-state index in [4.69, 9.17) is 5.73 Å². The summed E-state index contributed by atoms with van der Waals surface area (Å²) in [4.78, 5) is 23.6. The van der Waals surface area contributed by atoms with Crippen LogP contribution in [0.5, 0.6) is 0 Å². The van der Waals surface area contributed by atoms with Crippen LogP contribution in [0.4, 0.5) is 0 Å². The standard InChI is InChI=1S/C13H10N4OS/c14-13(18)11-12(19-10-3-1-2-5-16-10)8-4-6-15-7-9(8)17-11/h1-7,17H,(H2,14,18). The first-order valence-electron chi connectivity index (χ1n) is 5.60. The van der Waals surface area contributed by atoms with Crippen molar-refractivity contribution in [3.63, 3.8) is 0 Å². The largest absolute Gasteiger partial charge is 0.364 e. The Hall–Kier alpha value is -2.34. The van der Waals surface area contributed by atoms with Gasteiger partial charge in [0.05, 0.1) is 16.6 Å². The Labute approximate surface area is 113 Å². The second kappa shape index (κ2) is 4.74. The zero-order valence-corrected chi connectivity index (χ0v) is 10.6. The molecule has 0 saturated heterocycles. The number of pyridine rings is 2. The molecule has 0 aliphatic heterocycles. The van der Waals surface area contributed by atoms with Crippen molar-refractivity contribution >= 4 is 28.6 Å². The molecule has 5 nitrogen and oxygen atoms in total. The van der Waals surface area contributed by atoms with Gasteiger partial charge in [-0.3, -0.25) is 9.78 Å².